The zero-order valence-electron chi connectivity index (χ0n) is 14.2. The highest BCUT2D eigenvalue weighted by Gasteiger charge is 2.23. The Hall–Kier alpha value is -1.96. The molecule has 0 saturated carbocycles. The molecule has 0 heterocycles. The molecule has 1 aromatic rings. The quantitative estimate of drug-likeness (QED) is 0.620. The maximum Gasteiger partial charge on any atom is 0.405 e. The summed E-state index contributed by atoms with van der Waals surface area (Å²) >= 11 is 3.39. The number of amides is 2. The van der Waals surface area contributed by atoms with Gasteiger partial charge >= 0.3 is 6.09 Å². The van der Waals surface area contributed by atoms with Crippen molar-refractivity contribution in [1.29, 1.82) is 0 Å². The number of nitrogens with one attached hydrogen (secondary N) is 2. The van der Waals surface area contributed by atoms with E-state index in [1.807, 2.05) is 6.07 Å². The molecule has 2 amide bonds. The van der Waals surface area contributed by atoms with Gasteiger partial charge in [0.15, 0.2) is 0 Å². The standard InChI is InChI=1S/C16H23BrN2O5/c1-9(2)14(19-16(21)22)15(20)18-6-5-10-7-13(24-4)11(17)8-12(10)23-3/h7-9,14,19H,5-6H2,1-4H3,(H,18,20)(H,21,22). The maximum absolute atomic E-state index is 12.1. The second-order valence-corrected chi connectivity index (χ2v) is 6.37. The van der Waals surface area contributed by atoms with Gasteiger partial charge in [-0.1, -0.05) is 13.8 Å². The highest BCUT2D eigenvalue weighted by Crippen LogP contribution is 2.32. The van der Waals surface area contributed by atoms with Crippen LogP contribution < -0.4 is 20.1 Å². The van der Waals surface area contributed by atoms with E-state index in [1.165, 1.54) is 0 Å². The van der Waals surface area contributed by atoms with E-state index in [9.17, 15) is 9.59 Å². The van der Waals surface area contributed by atoms with Gasteiger partial charge in [-0.3, -0.25) is 4.79 Å². The minimum atomic E-state index is -1.22. The molecule has 8 heteroatoms. The largest absolute Gasteiger partial charge is 0.496 e. The molecular weight excluding hydrogens is 380 g/mol. The highest BCUT2D eigenvalue weighted by atomic mass is 79.9. The molecule has 0 aromatic heterocycles. The Balaban J connectivity index is 2.72. The van der Waals surface area contributed by atoms with Crippen LogP contribution in [0.25, 0.3) is 0 Å². The van der Waals surface area contributed by atoms with Crippen molar-refractivity contribution < 1.29 is 24.2 Å². The molecule has 0 saturated heterocycles. The Morgan fingerprint density at radius 2 is 1.83 bits per heavy atom. The normalized spacial score (nSPS) is 11.8. The van der Waals surface area contributed by atoms with E-state index in [4.69, 9.17) is 14.6 Å². The average Bonchev–Trinajstić information content (AvgIpc) is 2.52. The molecule has 24 heavy (non-hydrogen) atoms. The lowest BCUT2D eigenvalue weighted by Gasteiger charge is -2.20. The summed E-state index contributed by atoms with van der Waals surface area (Å²) in [5.41, 5.74) is 0.880. The molecule has 134 valence electrons. The van der Waals surface area contributed by atoms with Crippen molar-refractivity contribution in [2.24, 2.45) is 5.92 Å². The molecule has 0 spiro atoms. The summed E-state index contributed by atoms with van der Waals surface area (Å²) < 4.78 is 11.4. The van der Waals surface area contributed by atoms with Gasteiger partial charge in [0, 0.05) is 6.54 Å². The third kappa shape index (κ3) is 5.59. The molecule has 7 nitrogen and oxygen atoms in total. The summed E-state index contributed by atoms with van der Waals surface area (Å²) in [6.45, 7) is 3.91. The van der Waals surface area contributed by atoms with Crippen molar-refractivity contribution in [3.05, 3.63) is 22.2 Å². The molecule has 1 aromatic carbocycles. The Morgan fingerprint density at radius 1 is 1.21 bits per heavy atom. The number of carbonyl (C=O) groups is 2. The van der Waals surface area contributed by atoms with Gasteiger partial charge in [-0.15, -0.1) is 0 Å². The number of carbonyl (C=O) groups excluding carboxylic acids is 1. The van der Waals surface area contributed by atoms with Gasteiger partial charge in [0.2, 0.25) is 5.91 Å². The predicted octanol–water partition coefficient (Wildman–Crippen LogP) is 2.42. The SMILES string of the molecule is COc1cc(CCNC(=O)C(NC(=O)O)C(C)C)c(OC)cc1Br. The van der Waals surface area contributed by atoms with Gasteiger partial charge in [-0.2, -0.15) is 0 Å². The van der Waals surface area contributed by atoms with Crippen LogP contribution in [0, 0.1) is 5.92 Å². The van der Waals surface area contributed by atoms with E-state index >= 15 is 0 Å². The second kappa shape index (κ2) is 9.36. The first-order valence-electron chi connectivity index (χ1n) is 7.47. The number of rotatable bonds is 8. The van der Waals surface area contributed by atoms with Crippen LogP contribution in [-0.2, 0) is 11.2 Å². The van der Waals surface area contributed by atoms with Crippen LogP contribution in [0.15, 0.2) is 16.6 Å². The van der Waals surface area contributed by atoms with Crippen LogP contribution in [0.2, 0.25) is 0 Å². The van der Waals surface area contributed by atoms with Gasteiger partial charge in [0.05, 0.1) is 18.7 Å². The van der Waals surface area contributed by atoms with Gasteiger partial charge in [0.25, 0.3) is 0 Å². The minimum absolute atomic E-state index is 0.150. The van der Waals surface area contributed by atoms with Gasteiger partial charge < -0.3 is 25.2 Å². The monoisotopic (exact) mass is 402 g/mol. The van der Waals surface area contributed by atoms with Crippen LogP contribution in [-0.4, -0.2) is 43.9 Å². The number of hydrogen-bond acceptors (Lipinski definition) is 4. The molecule has 0 radical (unpaired) electrons. The Morgan fingerprint density at radius 3 is 2.33 bits per heavy atom. The molecule has 0 aliphatic rings. The number of benzene rings is 1. The molecular formula is C16H23BrN2O5. The van der Waals surface area contributed by atoms with Crippen LogP contribution >= 0.6 is 15.9 Å². The van der Waals surface area contributed by atoms with Crippen LogP contribution in [0.4, 0.5) is 4.79 Å². The van der Waals surface area contributed by atoms with Crippen LogP contribution in [0.5, 0.6) is 11.5 Å². The first kappa shape index (κ1) is 20.1. The fraction of sp³-hybridized carbons (Fsp3) is 0.500. The third-order valence-corrected chi connectivity index (χ3v) is 4.10. The molecule has 1 rings (SSSR count). The topological polar surface area (TPSA) is 96.9 Å². The van der Waals surface area contributed by atoms with E-state index in [0.717, 1.165) is 10.0 Å². The predicted molar refractivity (Wildman–Crippen MR) is 93.7 cm³/mol. The van der Waals surface area contributed by atoms with Crippen molar-refractivity contribution in [2.45, 2.75) is 26.3 Å². The van der Waals surface area contributed by atoms with E-state index < -0.39 is 12.1 Å². The van der Waals surface area contributed by atoms with E-state index in [2.05, 4.69) is 26.6 Å². The summed E-state index contributed by atoms with van der Waals surface area (Å²) in [4.78, 5) is 22.9. The van der Waals surface area contributed by atoms with Gasteiger partial charge in [-0.25, -0.2) is 4.79 Å². The zero-order chi connectivity index (χ0) is 18.3. The summed E-state index contributed by atoms with van der Waals surface area (Å²) in [6, 6.07) is 2.85. The first-order chi connectivity index (χ1) is 11.3. The smallest absolute Gasteiger partial charge is 0.405 e. The average molecular weight is 403 g/mol. The van der Waals surface area contributed by atoms with Crippen molar-refractivity contribution >= 4 is 27.9 Å². The summed E-state index contributed by atoms with van der Waals surface area (Å²) in [5.74, 6) is 0.851. The Kier molecular flexibility index (Phi) is 7.84. The van der Waals surface area contributed by atoms with E-state index in [1.54, 1.807) is 34.1 Å². The molecule has 1 atom stereocenters. The van der Waals surface area contributed by atoms with Gasteiger partial charge in [0.1, 0.15) is 17.5 Å². The second-order valence-electron chi connectivity index (χ2n) is 5.51. The van der Waals surface area contributed by atoms with E-state index in [0.29, 0.717) is 24.5 Å². The fourth-order valence-corrected chi connectivity index (χ4v) is 2.70. The highest BCUT2D eigenvalue weighted by molar-refractivity contribution is 9.10. The number of carboxylic acid groups (broad SMARTS) is 1. The molecule has 0 fully saturated rings. The number of methoxy groups -OCH3 is 2. The number of hydrogen-bond donors (Lipinski definition) is 3. The Bertz CT molecular complexity index is 592. The number of ether oxygens (including phenoxy) is 2. The van der Waals surface area contributed by atoms with Crippen LogP contribution in [0.3, 0.4) is 0 Å². The van der Waals surface area contributed by atoms with Crippen molar-refractivity contribution in [1.82, 2.24) is 10.6 Å². The Labute approximate surface area is 149 Å². The van der Waals surface area contributed by atoms with Gasteiger partial charge in [-0.05, 0) is 46.0 Å². The van der Waals surface area contributed by atoms with E-state index in [-0.39, 0.29) is 11.8 Å². The van der Waals surface area contributed by atoms with Crippen LogP contribution in [0.1, 0.15) is 19.4 Å². The zero-order valence-corrected chi connectivity index (χ0v) is 15.8. The molecule has 0 aliphatic heterocycles. The summed E-state index contributed by atoms with van der Waals surface area (Å²) in [6.07, 6.45) is -0.695. The van der Waals surface area contributed by atoms with Crippen molar-refractivity contribution in [3.63, 3.8) is 0 Å². The fourth-order valence-electron chi connectivity index (χ4n) is 2.22. The lowest BCUT2D eigenvalue weighted by molar-refractivity contribution is -0.123. The lowest BCUT2D eigenvalue weighted by Crippen LogP contribution is -2.49. The minimum Gasteiger partial charge on any atom is -0.496 e. The summed E-state index contributed by atoms with van der Waals surface area (Å²) in [5, 5.41) is 13.8. The molecule has 0 aliphatic carbocycles. The first-order valence-corrected chi connectivity index (χ1v) is 8.27. The number of halogens is 1. The molecule has 1 unspecified atom stereocenters. The summed E-state index contributed by atoms with van der Waals surface area (Å²) in [7, 11) is 3.14. The molecule has 3 N–H and O–H groups in total. The molecule has 0 bridgehead atoms. The lowest BCUT2D eigenvalue weighted by atomic mass is 10.0. The maximum atomic E-state index is 12.1. The van der Waals surface area contributed by atoms with Crippen molar-refractivity contribution in [2.75, 3.05) is 20.8 Å². The third-order valence-electron chi connectivity index (χ3n) is 3.48. The van der Waals surface area contributed by atoms with Crippen molar-refractivity contribution in [3.8, 4) is 11.5 Å².